The maximum atomic E-state index is 13.4. The maximum absolute atomic E-state index is 13.4. The first-order valence-corrected chi connectivity index (χ1v) is 10.4. The molecule has 0 heterocycles. The van der Waals surface area contributed by atoms with E-state index >= 15 is 0 Å². The summed E-state index contributed by atoms with van der Waals surface area (Å²) in [7, 11) is -1.08. The van der Waals surface area contributed by atoms with Gasteiger partial charge in [-0.2, -0.15) is 0 Å². The molecule has 1 N–H and O–H groups in total. The molecule has 0 bridgehead atoms. The molecule has 8 heteroatoms. The molecule has 2 aromatic carbocycles. The van der Waals surface area contributed by atoms with Crippen LogP contribution in [0.5, 0.6) is 11.5 Å². The summed E-state index contributed by atoms with van der Waals surface area (Å²) in [4.78, 5) is 12.5. The molecular weight excluding hydrogens is 380 g/mol. The first-order valence-electron chi connectivity index (χ1n) is 8.91. The summed E-state index contributed by atoms with van der Waals surface area (Å²) in [6.07, 6.45) is 0.749. The van der Waals surface area contributed by atoms with E-state index in [9.17, 15) is 13.2 Å². The van der Waals surface area contributed by atoms with Gasteiger partial charge in [0.1, 0.15) is 18.0 Å². The highest BCUT2D eigenvalue weighted by Gasteiger charge is 2.29. The molecule has 0 spiro atoms. The van der Waals surface area contributed by atoms with E-state index in [1.807, 2.05) is 13.8 Å². The highest BCUT2D eigenvalue weighted by Crippen LogP contribution is 2.35. The number of methoxy groups -OCH3 is 2. The van der Waals surface area contributed by atoms with E-state index in [4.69, 9.17) is 9.47 Å². The van der Waals surface area contributed by atoms with Crippen LogP contribution in [0.3, 0.4) is 0 Å². The fourth-order valence-corrected chi connectivity index (χ4v) is 4.00. The van der Waals surface area contributed by atoms with Crippen molar-refractivity contribution in [2.24, 2.45) is 0 Å². The van der Waals surface area contributed by atoms with Crippen LogP contribution >= 0.6 is 0 Å². The summed E-state index contributed by atoms with van der Waals surface area (Å²) in [6, 6.07) is 11.3. The first-order chi connectivity index (χ1) is 13.3. The third-order valence-electron chi connectivity index (χ3n) is 4.12. The van der Waals surface area contributed by atoms with Gasteiger partial charge in [-0.3, -0.25) is 9.10 Å². The number of hydrogen-bond donors (Lipinski definition) is 1. The van der Waals surface area contributed by atoms with Crippen molar-refractivity contribution in [3.63, 3.8) is 0 Å². The quantitative estimate of drug-likeness (QED) is 0.692. The third-order valence-corrected chi connectivity index (χ3v) is 5.90. The van der Waals surface area contributed by atoms with E-state index < -0.39 is 15.9 Å². The van der Waals surface area contributed by atoms with Crippen LogP contribution in [-0.2, 0) is 14.8 Å². The fraction of sp³-hybridized carbons (Fsp3) is 0.350. The lowest BCUT2D eigenvalue weighted by Crippen LogP contribution is -2.41. The smallest absolute Gasteiger partial charge is 0.264 e. The Bertz CT molecular complexity index is 911. The van der Waals surface area contributed by atoms with E-state index in [0.29, 0.717) is 18.0 Å². The molecule has 0 saturated carbocycles. The van der Waals surface area contributed by atoms with Gasteiger partial charge in [-0.05, 0) is 37.6 Å². The van der Waals surface area contributed by atoms with Crippen molar-refractivity contribution in [3.8, 4) is 11.5 Å². The SMILES string of the molecule is CCCNC(=O)CN(c1cc(OC)ccc1OC)S(=O)(=O)c1ccc(C)cc1. The van der Waals surface area contributed by atoms with Gasteiger partial charge in [-0.1, -0.05) is 24.6 Å². The van der Waals surface area contributed by atoms with Crippen LogP contribution in [0.2, 0.25) is 0 Å². The zero-order valence-corrected chi connectivity index (χ0v) is 17.4. The molecule has 7 nitrogen and oxygen atoms in total. The summed E-state index contributed by atoms with van der Waals surface area (Å²) in [5.74, 6) is 0.371. The molecule has 1 amide bonds. The van der Waals surface area contributed by atoms with Gasteiger partial charge in [0.05, 0.1) is 24.8 Å². The Morgan fingerprint density at radius 3 is 2.32 bits per heavy atom. The molecule has 152 valence electrons. The van der Waals surface area contributed by atoms with Crippen LogP contribution in [0, 0.1) is 6.92 Å². The molecule has 0 saturated heterocycles. The van der Waals surface area contributed by atoms with Crippen molar-refractivity contribution in [1.29, 1.82) is 0 Å². The van der Waals surface area contributed by atoms with E-state index in [-0.39, 0.29) is 17.1 Å². The second kappa shape index (κ2) is 9.45. The average molecular weight is 407 g/mol. The van der Waals surface area contributed by atoms with Crippen LogP contribution in [0.25, 0.3) is 0 Å². The molecule has 28 heavy (non-hydrogen) atoms. The minimum Gasteiger partial charge on any atom is -0.497 e. The highest BCUT2D eigenvalue weighted by atomic mass is 32.2. The Hall–Kier alpha value is -2.74. The van der Waals surface area contributed by atoms with Crippen molar-refractivity contribution in [3.05, 3.63) is 48.0 Å². The Morgan fingerprint density at radius 1 is 1.07 bits per heavy atom. The van der Waals surface area contributed by atoms with Gasteiger partial charge < -0.3 is 14.8 Å². The highest BCUT2D eigenvalue weighted by molar-refractivity contribution is 7.92. The number of carbonyl (C=O) groups is 1. The Morgan fingerprint density at radius 2 is 1.75 bits per heavy atom. The number of aryl methyl sites for hydroxylation is 1. The van der Waals surface area contributed by atoms with Gasteiger partial charge in [0.2, 0.25) is 5.91 Å². The Kier molecular flexibility index (Phi) is 7.28. The molecule has 0 aliphatic rings. The zero-order chi connectivity index (χ0) is 20.7. The Labute approximate surface area is 166 Å². The number of nitrogens with zero attached hydrogens (tertiary/aromatic N) is 1. The number of amides is 1. The monoisotopic (exact) mass is 406 g/mol. The molecule has 0 fully saturated rings. The largest absolute Gasteiger partial charge is 0.497 e. The number of sulfonamides is 1. The van der Waals surface area contributed by atoms with E-state index in [1.165, 1.54) is 32.4 Å². The predicted molar refractivity (Wildman–Crippen MR) is 109 cm³/mol. The summed E-state index contributed by atoms with van der Waals surface area (Å²) in [5.41, 5.74) is 1.17. The third kappa shape index (κ3) is 4.95. The molecule has 0 aliphatic carbocycles. The molecule has 0 aromatic heterocycles. The lowest BCUT2D eigenvalue weighted by atomic mass is 10.2. The number of anilines is 1. The number of nitrogens with one attached hydrogen (secondary N) is 1. The van der Waals surface area contributed by atoms with Gasteiger partial charge in [0.25, 0.3) is 10.0 Å². The van der Waals surface area contributed by atoms with Crippen molar-refractivity contribution in [1.82, 2.24) is 5.32 Å². The molecule has 2 aromatic rings. The van der Waals surface area contributed by atoms with Gasteiger partial charge >= 0.3 is 0 Å². The molecule has 0 atom stereocenters. The average Bonchev–Trinajstić information content (AvgIpc) is 2.70. The molecule has 0 radical (unpaired) electrons. The second-order valence-corrected chi connectivity index (χ2v) is 8.07. The minimum atomic E-state index is -4.01. The fourth-order valence-electron chi connectivity index (χ4n) is 2.58. The van der Waals surface area contributed by atoms with Crippen LogP contribution in [0.15, 0.2) is 47.4 Å². The molecule has 0 aliphatic heterocycles. The van der Waals surface area contributed by atoms with Crippen LogP contribution in [0.1, 0.15) is 18.9 Å². The van der Waals surface area contributed by atoms with Crippen molar-refractivity contribution < 1.29 is 22.7 Å². The van der Waals surface area contributed by atoms with E-state index in [0.717, 1.165) is 16.3 Å². The lowest BCUT2D eigenvalue weighted by Gasteiger charge is -2.26. The molecule has 0 unspecified atom stereocenters. The summed E-state index contributed by atoms with van der Waals surface area (Å²) in [6.45, 7) is 3.88. The topological polar surface area (TPSA) is 84.9 Å². The van der Waals surface area contributed by atoms with Gasteiger partial charge in [0, 0.05) is 12.6 Å². The van der Waals surface area contributed by atoms with Crippen molar-refractivity contribution >= 4 is 21.6 Å². The van der Waals surface area contributed by atoms with Gasteiger partial charge in [0.15, 0.2) is 0 Å². The zero-order valence-electron chi connectivity index (χ0n) is 16.6. The predicted octanol–water partition coefficient (Wildman–Crippen LogP) is 2.73. The van der Waals surface area contributed by atoms with E-state index in [2.05, 4.69) is 5.32 Å². The van der Waals surface area contributed by atoms with Crippen LogP contribution in [-0.4, -0.2) is 41.6 Å². The summed E-state index contributed by atoms with van der Waals surface area (Å²) < 4.78 is 38.4. The maximum Gasteiger partial charge on any atom is 0.264 e. The number of carbonyl (C=O) groups excluding carboxylic acids is 1. The van der Waals surface area contributed by atoms with Crippen LogP contribution in [0.4, 0.5) is 5.69 Å². The molecular formula is C20H26N2O5S. The second-order valence-electron chi connectivity index (χ2n) is 6.21. The van der Waals surface area contributed by atoms with Crippen LogP contribution < -0.4 is 19.1 Å². The normalized spacial score (nSPS) is 11.0. The lowest BCUT2D eigenvalue weighted by molar-refractivity contribution is -0.119. The summed E-state index contributed by atoms with van der Waals surface area (Å²) in [5, 5.41) is 2.71. The van der Waals surface area contributed by atoms with Crippen molar-refractivity contribution in [2.75, 3.05) is 31.6 Å². The standard InChI is InChI=1S/C20H26N2O5S/c1-5-12-21-20(23)14-22(18-13-16(26-3)8-11-19(18)27-4)28(24,25)17-9-6-15(2)7-10-17/h6-11,13H,5,12,14H2,1-4H3,(H,21,23). The first kappa shape index (κ1) is 21.6. The summed E-state index contributed by atoms with van der Waals surface area (Å²) >= 11 is 0. The number of rotatable bonds is 9. The molecule has 2 rings (SSSR count). The van der Waals surface area contributed by atoms with E-state index in [1.54, 1.807) is 24.3 Å². The van der Waals surface area contributed by atoms with Gasteiger partial charge in [-0.15, -0.1) is 0 Å². The minimum absolute atomic E-state index is 0.0891. The van der Waals surface area contributed by atoms with Gasteiger partial charge in [-0.25, -0.2) is 8.42 Å². The number of ether oxygens (including phenoxy) is 2. The Balaban J connectivity index is 2.57. The van der Waals surface area contributed by atoms with Crippen molar-refractivity contribution in [2.45, 2.75) is 25.2 Å². The number of benzene rings is 2. The number of hydrogen-bond acceptors (Lipinski definition) is 5.